The zero-order valence-corrected chi connectivity index (χ0v) is 12.8. The smallest absolute Gasteiger partial charge is 0.223 e. The van der Waals surface area contributed by atoms with E-state index in [9.17, 15) is 4.79 Å². The molecule has 2 N–H and O–H groups in total. The molecule has 0 radical (unpaired) electrons. The number of rotatable bonds is 4. The van der Waals surface area contributed by atoms with Gasteiger partial charge in [0.2, 0.25) is 5.91 Å². The summed E-state index contributed by atoms with van der Waals surface area (Å²) in [6, 6.07) is 5.25. The monoisotopic (exact) mass is 316 g/mol. The fourth-order valence-corrected chi connectivity index (χ4v) is 2.43. The number of benzene rings is 1. The van der Waals surface area contributed by atoms with Crippen LogP contribution in [0, 0.1) is 0 Å². The number of amides is 1. The Balaban J connectivity index is 1.87. The van der Waals surface area contributed by atoms with Crippen molar-refractivity contribution in [3.8, 4) is 0 Å². The van der Waals surface area contributed by atoms with Crippen molar-refractivity contribution in [2.75, 3.05) is 19.7 Å². The molecule has 110 valence electrons. The molecule has 0 aliphatic carbocycles. The maximum absolute atomic E-state index is 12.0. The van der Waals surface area contributed by atoms with Crippen LogP contribution in [0.2, 0.25) is 10.0 Å². The SMILES string of the molecule is CC(NC(=O)CC1CNCCO1)c1ccc(Cl)c(Cl)c1. The van der Waals surface area contributed by atoms with Crippen LogP contribution in [-0.4, -0.2) is 31.7 Å². The van der Waals surface area contributed by atoms with Crippen LogP contribution in [0.3, 0.4) is 0 Å². The summed E-state index contributed by atoms with van der Waals surface area (Å²) >= 11 is 11.9. The fraction of sp³-hybridized carbons (Fsp3) is 0.500. The molecule has 1 heterocycles. The van der Waals surface area contributed by atoms with E-state index < -0.39 is 0 Å². The highest BCUT2D eigenvalue weighted by atomic mass is 35.5. The van der Waals surface area contributed by atoms with Crippen molar-refractivity contribution in [1.29, 1.82) is 0 Å². The Kier molecular flexibility index (Phi) is 5.66. The van der Waals surface area contributed by atoms with Crippen molar-refractivity contribution in [3.05, 3.63) is 33.8 Å². The Morgan fingerprint density at radius 1 is 1.50 bits per heavy atom. The maximum atomic E-state index is 12.0. The molecule has 4 nitrogen and oxygen atoms in total. The van der Waals surface area contributed by atoms with Crippen LogP contribution in [-0.2, 0) is 9.53 Å². The zero-order chi connectivity index (χ0) is 14.5. The maximum Gasteiger partial charge on any atom is 0.223 e. The molecule has 0 saturated carbocycles. The van der Waals surface area contributed by atoms with Gasteiger partial charge in [-0.2, -0.15) is 0 Å². The molecular formula is C14H18Cl2N2O2. The molecule has 0 aromatic heterocycles. The first-order valence-corrected chi connectivity index (χ1v) is 7.38. The highest BCUT2D eigenvalue weighted by molar-refractivity contribution is 6.42. The topological polar surface area (TPSA) is 50.4 Å². The lowest BCUT2D eigenvalue weighted by Crippen LogP contribution is -2.41. The molecule has 2 rings (SSSR count). The van der Waals surface area contributed by atoms with Crippen molar-refractivity contribution >= 4 is 29.1 Å². The van der Waals surface area contributed by atoms with E-state index in [4.69, 9.17) is 27.9 Å². The van der Waals surface area contributed by atoms with Crippen LogP contribution in [0.15, 0.2) is 18.2 Å². The molecular weight excluding hydrogens is 299 g/mol. The quantitative estimate of drug-likeness (QED) is 0.897. The van der Waals surface area contributed by atoms with Gasteiger partial charge in [0.1, 0.15) is 0 Å². The predicted octanol–water partition coefficient (Wildman–Crippen LogP) is 2.55. The standard InChI is InChI=1S/C14H18Cl2N2O2/c1-9(10-2-3-12(15)13(16)6-10)18-14(19)7-11-8-17-4-5-20-11/h2-3,6,9,11,17H,4-5,7-8H2,1H3,(H,18,19). The molecule has 1 aliphatic heterocycles. The number of carbonyl (C=O) groups is 1. The molecule has 1 saturated heterocycles. The van der Waals surface area contributed by atoms with E-state index in [1.165, 1.54) is 0 Å². The average molecular weight is 317 g/mol. The third kappa shape index (κ3) is 4.35. The summed E-state index contributed by atoms with van der Waals surface area (Å²) in [5.74, 6) is -0.0303. The van der Waals surface area contributed by atoms with Gasteiger partial charge in [0.25, 0.3) is 0 Å². The summed E-state index contributed by atoms with van der Waals surface area (Å²) < 4.78 is 5.51. The van der Waals surface area contributed by atoms with E-state index in [2.05, 4.69) is 10.6 Å². The Morgan fingerprint density at radius 3 is 2.95 bits per heavy atom. The van der Waals surface area contributed by atoms with Crippen LogP contribution in [0.5, 0.6) is 0 Å². The van der Waals surface area contributed by atoms with Gasteiger partial charge in [-0.1, -0.05) is 29.3 Å². The zero-order valence-electron chi connectivity index (χ0n) is 11.3. The van der Waals surface area contributed by atoms with E-state index in [0.717, 1.165) is 12.1 Å². The highest BCUT2D eigenvalue weighted by Gasteiger charge is 2.19. The lowest BCUT2D eigenvalue weighted by atomic mass is 10.1. The van der Waals surface area contributed by atoms with Crippen LogP contribution in [0.1, 0.15) is 24.9 Å². The minimum atomic E-state index is -0.117. The minimum absolute atomic E-state index is 0.0303. The molecule has 0 spiro atoms. The molecule has 20 heavy (non-hydrogen) atoms. The summed E-state index contributed by atoms with van der Waals surface area (Å²) in [5.41, 5.74) is 0.926. The number of hydrogen-bond donors (Lipinski definition) is 2. The van der Waals surface area contributed by atoms with Gasteiger partial charge in [0.15, 0.2) is 0 Å². The molecule has 1 aromatic carbocycles. The highest BCUT2D eigenvalue weighted by Crippen LogP contribution is 2.25. The van der Waals surface area contributed by atoms with Gasteiger partial charge in [-0.15, -0.1) is 0 Å². The summed E-state index contributed by atoms with van der Waals surface area (Å²) in [6.45, 7) is 4.13. The van der Waals surface area contributed by atoms with E-state index in [-0.39, 0.29) is 18.1 Å². The number of ether oxygens (including phenoxy) is 1. The molecule has 1 aliphatic rings. The summed E-state index contributed by atoms with van der Waals surface area (Å²) in [7, 11) is 0. The lowest BCUT2D eigenvalue weighted by Gasteiger charge is -2.24. The van der Waals surface area contributed by atoms with Gasteiger partial charge in [-0.05, 0) is 24.6 Å². The Morgan fingerprint density at radius 2 is 2.30 bits per heavy atom. The van der Waals surface area contributed by atoms with Gasteiger partial charge in [0, 0.05) is 13.1 Å². The number of nitrogens with one attached hydrogen (secondary N) is 2. The second kappa shape index (κ2) is 7.27. The minimum Gasteiger partial charge on any atom is -0.375 e. The largest absolute Gasteiger partial charge is 0.375 e. The van der Waals surface area contributed by atoms with Gasteiger partial charge < -0.3 is 15.4 Å². The van der Waals surface area contributed by atoms with Crippen molar-refractivity contribution in [2.24, 2.45) is 0 Å². The second-order valence-electron chi connectivity index (χ2n) is 4.86. The number of morpholine rings is 1. The van der Waals surface area contributed by atoms with Gasteiger partial charge in [-0.3, -0.25) is 4.79 Å². The lowest BCUT2D eigenvalue weighted by molar-refractivity contribution is -0.125. The first-order chi connectivity index (χ1) is 9.56. The van der Waals surface area contributed by atoms with Crippen LogP contribution in [0.25, 0.3) is 0 Å². The number of halogens is 2. The van der Waals surface area contributed by atoms with Crippen LogP contribution < -0.4 is 10.6 Å². The molecule has 2 atom stereocenters. The van der Waals surface area contributed by atoms with E-state index in [1.54, 1.807) is 12.1 Å². The van der Waals surface area contributed by atoms with Crippen molar-refractivity contribution in [1.82, 2.24) is 10.6 Å². The normalized spacial score (nSPS) is 20.4. The van der Waals surface area contributed by atoms with E-state index in [1.807, 2.05) is 13.0 Å². The summed E-state index contributed by atoms with van der Waals surface area (Å²) in [4.78, 5) is 12.0. The van der Waals surface area contributed by atoms with Crippen LogP contribution >= 0.6 is 23.2 Å². The Bertz CT molecular complexity index is 476. The third-order valence-corrected chi connectivity index (χ3v) is 3.98. The van der Waals surface area contributed by atoms with Crippen molar-refractivity contribution in [2.45, 2.75) is 25.5 Å². The van der Waals surface area contributed by atoms with Gasteiger partial charge in [0.05, 0.1) is 35.2 Å². The molecule has 1 amide bonds. The fourth-order valence-electron chi connectivity index (χ4n) is 2.12. The number of carbonyl (C=O) groups excluding carboxylic acids is 1. The summed E-state index contributed by atoms with van der Waals surface area (Å²) in [6.07, 6.45) is 0.309. The molecule has 1 fully saturated rings. The van der Waals surface area contributed by atoms with Gasteiger partial charge in [-0.25, -0.2) is 0 Å². The predicted molar refractivity (Wildman–Crippen MR) is 80.2 cm³/mol. The Hall–Kier alpha value is -0.810. The van der Waals surface area contributed by atoms with E-state index >= 15 is 0 Å². The number of hydrogen-bond acceptors (Lipinski definition) is 3. The third-order valence-electron chi connectivity index (χ3n) is 3.24. The summed E-state index contributed by atoms with van der Waals surface area (Å²) in [5, 5.41) is 7.14. The molecule has 1 aromatic rings. The second-order valence-corrected chi connectivity index (χ2v) is 5.68. The van der Waals surface area contributed by atoms with Crippen molar-refractivity contribution < 1.29 is 9.53 Å². The molecule has 6 heteroatoms. The van der Waals surface area contributed by atoms with Crippen molar-refractivity contribution in [3.63, 3.8) is 0 Å². The average Bonchev–Trinajstić information content (AvgIpc) is 2.42. The first kappa shape index (κ1) is 15.6. The Labute approximate surface area is 128 Å². The molecule has 2 unspecified atom stereocenters. The first-order valence-electron chi connectivity index (χ1n) is 6.63. The molecule has 0 bridgehead atoms. The van der Waals surface area contributed by atoms with E-state index in [0.29, 0.717) is 29.6 Å². The van der Waals surface area contributed by atoms with Gasteiger partial charge >= 0.3 is 0 Å². The van der Waals surface area contributed by atoms with Crippen LogP contribution in [0.4, 0.5) is 0 Å².